The largest absolute Gasteiger partial charge is 0.317 e. The first-order valence-corrected chi connectivity index (χ1v) is 6.01. The minimum absolute atomic E-state index is 0.753. The molecular formula is C12H26N2. The quantitative estimate of drug-likeness (QED) is 0.744. The van der Waals surface area contributed by atoms with Crippen LogP contribution in [0.4, 0.5) is 0 Å². The van der Waals surface area contributed by atoms with E-state index in [1.807, 2.05) is 0 Å². The van der Waals surface area contributed by atoms with Gasteiger partial charge < -0.3 is 10.2 Å². The SMILES string of the molecule is CNC1CCCC(N(C)CC(C)C)C1. The first-order valence-electron chi connectivity index (χ1n) is 6.01. The third-order valence-electron chi connectivity index (χ3n) is 3.33. The second-order valence-electron chi connectivity index (χ2n) is 5.14. The lowest BCUT2D eigenvalue weighted by molar-refractivity contribution is 0.157. The highest BCUT2D eigenvalue weighted by molar-refractivity contribution is 4.82. The van der Waals surface area contributed by atoms with Gasteiger partial charge in [-0.05, 0) is 39.3 Å². The van der Waals surface area contributed by atoms with Crippen molar-refractivity contribution in [2.45, 2.75) is 51.6 Å². The highest BCUT2D eigenvalue weighted by atomic mass is 15.1. The van der Waals surface area contributed by atoms with Crippen LogP contribution in [0.2, 0.25) is 0 Å². The average Bonchev–Trinajstić information content (AvgIpc) is 2.17. The zero-order chi connectivity index (χ0) is 10.6. The van der Waals surface area contributed by atoms with Gasteiger partial charge >= 0.3 is 0 Å². The third-order valence-corrected chi connectivity index (χ3v) is 3.33. The lowest BCUT2D eigenvalue weighted by Crippen LogP contribution is -2.42. The van der Waals surface area contributed by atoms with Gasteiger partial charge in [-0.15, -0.1) is 0 Å². The number of rotatable bonds is 4. The molecule has 1 fully saturated rings. The predicted octanol–water partition coefficient (Wildman–Crippen LogP) is 2.10. The maximum atomic E-state index is 3.42. The summed E-state index contributed by atoms with van der Waals surface area (Å²) in [5.41, 5.74) is 0. The van der Waals surface area contributed by atoms with Crippen LogP contribution in [-0.4, -0.2) is 37.6 Å². The van der Waals surface area contributed by atoms with Crippen molar-refractivity contribution in [3.8, 4) is 0 Å². The molecule has 0 amide bonds. The van der Waals surface area contributed by atoms with Gasteiger partial charge in [-0.25, -0.2) is 0 Å². The van der Waals surface area contributed by atoms with Crippen molar-refractivity contribution in [2.75, 3.05) is 20.6 Å². The molecule has 0 aliphatic heterocycles. The number of hydrogen-bond acceptors (Lipinski definition) is 2. The summed E-state index contributed by atoms with van der Waals surface area (Å²) in [6.07, 6.45) is 5.47. The van der Waals surface area contributed by atoms with Crippen LogP contribution >= 0.6 is 0 Å². The van der Waals surface area contributed by atoms with E-state index in [2.05, 4.69) is 38.2 Å². The normalized spacial score (nSPS) is 28.7. The van der Waals surface area contributed by atoms with Gasteiger partial charge in [0, 0.05) is 18.6 Å². The van der Waals surface area contributed by atoms with E-state index in [9.17, 15) is 0 Å². The van der Waals surface area contributed by atoms with Crippen LogP contribution < -0.4 is 5.32 Å². The van der Waals surface area contributed by atoms with Gasteiger partial charge in [-0.3, -0.25) is 0 Å². The molecule has 0 aromatic rings. The summed E-state index contributed by atoms with van der Waals surface area (Å²) in [6, 6.07) is 1.56. The fraction of sp³-hybridized carbons (Fsp3) is 1.00. The number of nitrogens with one attached hydrogen (secondary N) is 1. The van der Waals surface area contributed by atoms with Crippen molar-refractivity contribution < 1.29 is 0 Å². The van der Waals surface area contributed by atoms with Gasteiger partial charge in [0.05, 0.1) is 0 Å². The number of nitrogens with zero attached hydrogens (tertiary/aromatic N) is 1. The molecule has 0 saturated heterocycles. The monoisotopic (exact) mass is 198 g/mol. The van der Waals surface area contributed by atoms with Crippen LogP contribution in [0, 0.1) is 5.92 Å². The van der Waals surface area contributed by atoms with Gasteiger partial charge in [0.25, 0.3) is 0 Å². The second-order valence-corrected chi connectivity index (χ2v) is 5.14. The van der Waals surface area contributed by atoms with E-state index in [0.29, 0.717) is 0 Å². The van der Waals surface area contributed by atoms with Crippen LogP contribution in [0.3, 0.4) is 0 Å². The van der Waals surface area contributed by atoms with E-state index in [4.69, 9.17) is 0 Å². The topological polar surface area (TPSA) is 15.3 Å². The molecule has 1 aliphatic carbocycles. The van der Waals surface area contributed by atoms with Crippen molar-refractivity contribution in [2.24, 2.45) is 5.92 Å². The van der Waals surface area contributed by atoms with Gasteiger partial charge in [-0.2, -0.15) is 0 Å². The van der Waals surface area contributed by atoms with Crippen molar-refractivity contribution in [3.63, 3.8) is 0 Å². The summed E-state index contributed by atoms with van der Waals surface area (Å²) in [4.78, 5) is 2.55. The van der Waals surface area contributed by atoms with E-state index in [1.54, 1.807) is 0 Å². The van der Waals surface area contributed by atoms with Crippen LogP contribution in [0.1, 0.15) is 39.5 Å². The Kier molecular flexibility index (Phi) is 4.90. The highest BCUT2D eigenvalue weighted by Gasteiger charge is 2.23. The molecule has 1 N–H and O–H groups in total. The Morgan fingerprint density at radius 2 is 2.07 bits per heavy atom. The molecule has 84 valence electrons. The molecule has 14 heavy (non-hydrogen) atoms. The lowest BCUT2D eigenvalue weighted by atomic mass is 9.90. The molecule has 1 rings (SSSR count). The summed E-state index contributed by atoms with van der Waals surface area (Å²) in [5, 5.41) is 3.42. The minimum atomic E-state index is 0.753. The van der Waals surface area contributed by atoms with Gasteiger partial charge in [0.15, 0.2) is 0 Å². The van der Waals surface area contributed by atoms with Crippen LogP contribution in [0.5, 0.6) is 0 Å². The average molecular weight is 198 g/mol. The van der Waals surface area contributed by atoms with Crippen LogP contribution in [0.15, 0.2) is 0 Å². The zero-order valence-corrected chi connectivity index (χ0v) is 10.2. The number of hydrogen-bond donors (Lipinski definition) is 1. The second kappa shape index (κ2) is 5.72. The molecule has 2 atom stereocenters. The van der Waals surface area contributed by atoms with Crippen molar-refractivity contribution in [1.82, 2.24) is 10.2 Å². The third kappa shape index (κ3) is 3.58. The first kappa shape index (κ1) is 12.0. The van der Waals surface area contributed by atoms with Crippen molar-refractivity contribution in [3.05, 3.63) is 0 Å². The molecule has 0 radical (unpaired) electrons. The molecule has 0 aromatic carbocycles. The Hall–Kier alpha value is -0.0800. The van der Waals surface area contributed by atoms with E-state index in [1.165, 1.54) is 32.2 Å². The first-order chi connectivity index (χ1) is 6.63. The highest BCUT2D eigenvalue weighted by Crippen LogP contribution is 2.22. The van der Waals surface area contributed by atoms with E-state index < -0.39 is 0 Å². The van der Waals surface area contributed by atoms with E-state index in [0.717, 1.165) is 18.0 Å². The molecular weight excluding hydrogens is 172 g/mol. The molecule has 1 aliphatic rings. The maximum Gasteiger partial charge on any atom is 0.0107 e. The summed E-state index contributed by atoms with van der Waals surface area (Å²) in [5.74, 6) is 0.787. The molecule has 0 spiro atoms. The Bertz CT molecular complexity index is 156. The summed E-state index contributed by atoms with van der Waals surface area (Å²) in [6.45, 7) is 5.84. The molecule has 2 unspecified atom stereocenters. The van der Waals surface area contributed by atoms with Gasteiger partial charge in [-0.1, -0.05) is 20.3 Å². The standard InChI is InChI=1S/C12H26N2/c1-10(2)9-14(4)12-7-5-6-11(8-12)13-3/h10-13H,5-9H2,1-4H3. The fourth-order valence-corrected chi connectivity index (χ4v) is 2.55. The molecule has 0 bridgehead atoms. The Labute approximate surface area is 89.1 Å². The van der Waals surface area contributed by atoms with Crippen molar-refractivity contribution >= 4 is 0 Å². The van der Waals surface area contributed by atoms with E-state index >= 15 is 0 Å². The summed E-state index contributed by atoms with van der Waals surface area (Å²) >= 11 is 0. The van der Waals surface area contributed by atoms with E-state index in [-0.39, 0.29) is 0 Å². The fourth-order valence-electron chi connectivity index (χ4n) is 2.55. The maximum absolute atomic E-state index is 3.42. The molecule has 0 aromatic heterocycles. The Morgan fingerprint density at radius 1 is 1.36 bits per heavy atom. The van der Waals surface area contributed by atoms with Crippen LogP contribution in [-0.2, 0) is 0 Å². The van der Waals surface area contributed by atoms with Crippen molar-refractivity contribution in [1.29, 1.82) is 0 Å². The molecule has 1 saturated carbocycles. The Balaban J connectivity index is 2.35. The summed E-state index contributed by atoms with van der Waals surface area (Å²) in [7, 11) is 4.37. The predicted molar refractivity (Wildman–Crippen MR) is 62.6 cm³/mol. The zero-order valence-electron chi connectivity index (χ0n) is 10.2. The van der Waals surface area contributed by atoms with Gasteiger partial charge in [0.1, 0.15) is 0 Å². The molecule has 2 nitrogen and oxygen atoms in total. The summed E-state index contributed by atoms with van der Waals surface area (Å²) < 4.78 is 0. The minimum Gasteiger partial charge on any atom is -0.317 e. The van der Waals surface area contributed by atoms with Gasteiger partial charge in [0.2, 0.25) is 0 Å². The van der Waals surface area contributed by atoms with Crippen LogP contribution in [0.25, 0.3) is 0 Å². The smallest absolute Gasteiger partial charge is 0.0107 e. The molecule has 2 heteroatoms. The Morgan fingerprint density at radius 3 is 2.64 bits per heavy atom. The molecule has 0 heterocycles. The lowest BCUT2D eigenvalue weighted by Gasteiger charge is -2.36.